The van der Waals surface area contributed by atoms with Crippen LogP contribution in [0.5, 0.6) is 0 Å². The minimum atomic E-state index is -0.938. The number of thioether (sulfide) groups is 1. The zero-order chi connectivity index (χ0) is 19.8. The molecule has 1 amide bonds. The fraction of sp³-hybridized carbons (Fsp3) is 0.619. The summed E-state index contributed by atoms with van der Waals surface area (Å²) in [5, 5.41) is 27.8. The average molecular weight is 404 g/mol. The van der Waals surface area contributed by atoms with Crippen molar-refractivity contribution in [3.05, 3.63) is 29.3 Å². The van der Waals surface area contributed by atoms with Crippen molar-refractivity contribution in [3.63, 3.8) is 0 Å². The van der Waals surface area contributed by atoms with Gasteiger partial charge in [-0.3, -0.25) is 9.79 Å². The first-order valence-electron chi connectivity index (χ1n) is 10.2. The number of anilines is 1. The van der Waals surface area contributed by atoms with Gasteiger partial charge in [-0.25, -0.2) is 0 Å². The third-order valence-corrected chi connectivity index (χ3v) is 7.31. The zero-order valence-corrected chi connectivity index (χ0v) is 17.2. The normalized spacial score (nSPS) is 32.7. The van der Waals surface area contributed by atoms with Crippen LogP contribution < -0.4 is 10.6 Å². The maximum atomic E-state index is 12.9. The van der Waals surface area contributed by atoms with Gasteiger partial charge in [0.15, 0.2) is 5.17 Å². The summed E-state index contributed by atoms with van der Waals surface area (Å²) in [4.78, 5) is 17.6. The predicted octanol–water partition coefficient (Wildman–Crippen LogP) is 2.36. The van der Waals surface area contributed by atoms with Gasteiger partial charge in [-0.05, 0) is 56.4 Å². The van der Waals surface area contributed by atoms with Gasteiger partial charge in [0, 0.05) is 17.0 Å². The summed E-state index contributed by atoms with van der Waals surface area (Å²) in [6, 6.07) is 5.98. The quantitative estimate of drug-likeness (QED) is 0.622. The number of rotatable bonds is 3. The molecular weight excluding hydrogens is 374 g/mol. The van der Waals surface area contributed by atoms with E-state index in [9.17, 15) is 15.0 Å². The van der Waals surface area contributed by atoms with E-state index >= 15 is 0 Å². The SMILES string of the molecule is Cc1cc(C)cc(NC2=N[C@@H]3[C@@H](O)[C@H](O)C[C@H](C(=O)NC4CCCC4)[C@H]3S2)c1. The molecule has 1 aliphatic heterocycles. The molecule has 4 rings (SSSR count). The molecule has 2 fully saturated rings. The molecule has 1 heterocycles. The fourth-order valence-corrected chi connectivity index (χ4v) is 6.03. The standard InChI is InChI=1S/C21H29N3O3S/c1-11-7-12(2)9-14(8-11)23-21-24-17-18(26)16(25)10-15(19(17)28-21)20(27)22-13-5-3-4-6-13/h7-9,13,15-19,25-26H,3-6,10H2,1-2H3,(H,22,27)(H,23,24)/t15-,16+,17+,18-,19+/m0/s1. The third kappa shape index (κ3) is 4.07. The highest BCUT2D eigenvalue weighted by molar-refractivity contribution is 8.15. The molecular formula is C21H29N3O3S. The molecule has 0 aromatic heterocycles. The van der Waals surface area contributed by atoms with Crippen LogP contribution in [0, 0.1) is 19.8 Å². The van der Waals surface area contributed by atoms with Crippen LogP contribution in [0.15, 0.2) is 23.2 Å². The number of amidine groups is 1. The molecule has 7 heteroatoms. The molecule has 5 atom stereocenters. The molecule has 0 spiro atoms. The number of fused-ring (bicyclic) bond motifs is 1. The summed E-state index contributed by atoms with van der Waals surface area (Å²) in [5.74, 6) is -0.362. The van der Waals surface area contributed by atoms with Crippen LogP contribution in [0.1, 0.15) is 43.2 Å². The molecule has 0 bridgehead atoms. The van der Waals surface area contributed by atoms with E-state index in [0.717, 1.165) is 42.5 Å². The van der Waals surface area contributed by atoms with Crippen LogP contribution >= 0.6 is 11.8 Å². The molecule has 0 unspecified atom stereocenters. The first-order chi connectivity index (χ1) is 13.4. The van der Waals surface area contributed by atoms with Crippen molar-refractivity contribution < 1.29 is 15.0 Å². The van der Waals surface area contributed by atoms with Gasteiger partial charge in [0.2, 0.25) is 5.91 Å². The number of nitrogens with zero attached hydrogens (tertiary/aromatic N) is 1. The Kier molecular flexibility index (Phi) is 5.67. The molecule has 1 aromatic carbocycles. The van der Waals surface area contributed by atoms with Crippen LogP contribution in [-0.4, -0.2) is 50.8 Å². The van der Waals surface area contributed by atoms with Gasteiger partial charge in [-0.2, -0.15) is 0 Å². The monoisotopic (exact) mass is 403 g/mol. The lowest BCUT2D eigenvalue weighted by Crippen LogP contribution is -2.54. The second-order valence-corrected chi connectivity index (χ2v) is 9.57. The number of hydrogen-bond acceptors (Lipinski definition) is 6. The van der Waals surface area contributed by atoms with Crippen molar-refractivity contribution in [2.45, 2.75) is 75.5 Å². The number of aliphatic hydroxyl groups excluding tert-OH is 2. The lowest BCUT2D eigenvalue weighted by atomic mass is 9.81. The van der Waals surface area contributed by atoms with E-state index in [1.165, 1.54) is 11.8 Å². The van der Waals surface area contributed by atoms with Crippen LogP contribution in [0.2, 0.25) is 0 Å². The van der Waals surface area contributed by atoms with Gasteiger partial charge < -0.3 is 20.8 Å². The molecule has 2 aliphatic carbocycles. The first kappa shape index (κ1) is 19.7. The molecule has 28 heavy (non-hydrogen) atoms. The molecule has 2 saturated carbocycles. The fourth-order valence-electron chi connectivity index (χ4n) is 4.66. The summed E-state index contributed by atoms with van der Waals surface area (Å²) in [6.45, 7) is 4.09. The van der Waals surface area contributed by atoms with Crippen molar-refractivity contribution in [1.29, 1.82) is 0 Å². The Balaban J connectivity index is 1.49. The van der Waals surface area contributed by atoms with Gasteiger partial charge in [0.25, 0.3) is 0 Å². The second-order valence-electron chi connectivity index (χ2n) is 8.40. The number of aliphatic hydroxyl groups is 2. The van der Waals surface area contributed by atoms with Gasteiger partial charge in [-0.15, -0.1) is 0 Å². The van der Waals surface area contributed by atoms with Crippen molar-refractivity contribution in [2.24, 2.45) is 10.9 Å². The Morgan fingerprint density at radius 2 is 1.82 bits per heavy atom. The molecule has 1 aromatic rings. The number of carbonyl (C=O) groups excluding carboxylic acids is 1. The summed E-state index contributed by atoms with van der Waals surface area (Å²) in [7, 11) is 0. The predicted molar refractivity (Wildman–Crippen MR) is 113 cm³/mol. The van der Waals surface area contributed by atoms with E-state index in [-0.39, 0.29) is 29.5 Å². The van der Waals surface area contributed by atoms with Crippen molar-refractivity contribution in [3.8, 4) is 0 Å². The largest absolute Gasteiger partial charge is 0.390 e. The smallest absolute Gasteiger partial charge is 0.224 e. The highest BCUT2D eigenvalue weighted by atomic mass is 32.2. The van der Waals surface area contributed by atoms with Crippen LogP contribution in [0.25, 0.3) is 0 Å². The maximum absolute atomic E-state index is 12.9. The van der Waals surface area contributed by atoms with E-state index in [1.54, 1.807) is 0 Å². The Labute approximate surface area is 170 Å². The van der Waals surface area contributed by atoms with E-state index in [0.29, 0.717) is 5.17 Å². The minimum Gasteiger partial charge on any atom is -0.390 e. The highest BCUT2D eigenvalue weighted by Gasteiger charge is 2.50. The number of nitrogens with one attached hydrogen (secondary N) is 2. The topological polar surface area (TPSA) is 94.0 Å². The van der Waals surface area contributed by atoms with Crippen molar-refractivity contribution in [1.82, 2.24) is 5.32 Å². The van der Waals surface area contributed by atoms with Gasteiger partial charge in [0.05, 0.1) is 18.1 Å². The lowest BCUT2D eigenvalue weighted by molar-refractivity contribution is -0.130. The summed E-state index contributed by atoms with van der Waals surface area (Å²) >= 11 is 1.51. The van der Waals surface area contributed by atoms with Gasteiger partial charge in [-0.1, -0.05) is 30.7 Å². The van der Waals surface area contributed by atoms with Crippen LogP contribution in [0.3, 0.4) is 0 Å². The number of aryl methyl sites for hydroxylation is 2. The number of benzene rings is 1. The van der Waals surface area contributed by atoms with Crippen molar-refractivity contribution in [2.75, 3.05) is 5.32 Å². The number of hydrogen-bond donors (Lipinski definition) is 4. The molecule has 0 radical (unpaired) electrons. The van der Waals surface area contributed by atoms with Crippen LogP contribution in [0.4, 0.5) is 5.69 Å². The maximum Gasteiger partial charge on any atom is 0.224 e. The Morgan fingerprint density at radius 3 is 2.50 bits per heavy atom. The van der Waals surface area contributed by atoms with E-state index in [4.69, 9.17) is 0 Å². The lowest BCUT2D eigenvalue weighted by Gasteiger charge is -2.37. The molecule has 6 nitrogen and oxygen atoms in total. The van der Waals surface area contributed by atoms with Gasteiger partial charge >= 0.3 is 0 Å². The number of carbonyl (C=O) groups is 1. The third-order valence-electron chi connectivity index (χ3n) is 6.00. The number of aliphatic imine (C=N–C) groups is 1. The molecule has 152 valence electrons. The van der Waals surface area contributed by atoms with E-state index < -0.39 is 18.2 Å². The summed E-state index contributed by atoms with van der Waals surface area (Å²) < 4.78 is 0. The van der Waals surface area contributed by atoms with E-state index in [1.807, 2.05) is 26.0 Å². The minimum absolute atomic E-state index is 0.0109. The molecule has 3 aliphatic rings. The van der Waals surface area contributed by atoms with E-state index in [2.05, 4.69) is 21.7 Å². The Morgan fingerprint density at radius 1 is 1.14 bits per heavy atom. The molecule has 4 N–H and O–H groups in total. The van der Waals surface area contributed by atoms with Crippen LogP contribution in [-0.2, 0) is 4.79 Å². The first-order valence-corrected chi connectivity index (χ1v) is 11.0. The Hall–Kier alpha value is -1.57. The second kappa shape index (κ2) is 8.05. The van der Waals surface area contributed by atoms with Gasteiger partial charge in [0.1, 0.15) is 6.10 Å². The Bertz CT molecular complexity index is 758. The van der Waals surface area contributed by atoms with Crippen molar-refractivity contribution >= 4 is 28.5 Å². The number of amides is 1. The zero-order valence-electron chi connectivity index (χ0n) is 16.4. The summed E-state index contributed by atoms with van der Waals surface area (Å²) in [6.07, 6.45) is 2.79. The average Bonchev–Trinajstić information content (AvgIpc) is 3.27. The molecule has 0 saturated heterocycles. The highest BCUT2D eigenvalue weighted by Crippen LogP contribution is 2.41. The summed E-state index contributed by atoms with van der Waals surface area (Å²) in [5.41, 5.74) is 3.27.